The molecule has 0 spiro atoms. The van der Waals surface area contributed by atoms with Gasteiger partial charge in [-0.15, -0.1) is 12.4 Å². The van der Waals surface area contributed by atoms with Crippen LogP contribution in [0.1, 0.15) is 0 Å². The highest BCUT2D eigenvalue weighted by Gasteiger charge is 2.08. The number of carbonyl (C=O) groups is 1. The SMILES string of the molecule is Cl.N[C@@H](CF)C(=O)O. The molecule has 3 N–H and O–H groups in total. The Morgan fingerprint density at radius 3 is 2.25 bits per heavy atom. The maximum Gasteiger partial charge on any atom is 0.323 e. The summed E-state index contributed by atoms with van der Waals surface area (Å²) in [4.78, 5) is 9.57. The largest absolute Gasteiger partial charge is 0.480 e. The van der Waals surface area contributed by atoms with Gasteiger partial charge in [0.1, 0.15) is 12.7 Å². The van der Waals surface area contributed by atoms with Gasteiger partial charge in [0.25, 0.3) is 0 Å². The zero-order chi connectivity index (χ0) is 5.86. The van der Waals surface area contributed by atoms with Gasteiger partial charge in [0.2, 0.25) is 0 Å². The minimum atomic E-state index is -1.35. The number of hydrogen-bond acceptors (Lipinski definition) is 2. The number of carboxylic acids is 1. The Balaban J connectivity index is 0. The highest BCUT2D eigenvalue weighted by Crippen LogP contribution is 1.76. The van der Waals surface area contributed by atoms with Crippen molar-refractivity contribution >= 4 is 18.4 Å². The molecule has 0 unspecified atom stereocenters. The van der Waals surface area contributed by atoms with Crippen molar-refractivity contribution < 1.29 is 14.3 Å². The summed E-state index contributed by atoms with van der Waals surface area (Å²) >= 11 is 0. The van der Waals surface area contributed by atoms with Crippen LogP contribution in [-0.2, 0) is 4.79 Å². The van der Waals surface area contributed by atoms with E-state index in [0.29, 0.717) is 0 Å². The number of halogens is 2. The van der Waals surface area contributed by atoms with Crippen molar-refractivity contribution in [2.45, 2.75) is 6.04 Å². The molecule has 0 radical (unpaired) electrons. The van der Waals surface area contributed by atoms with E-state index in [1.807, 2.05) is 0 Å². The first-order valence-corrected chi connectivity index (χ1v) is 1.73. The number of rotatable bonds is 2. The third-order valence-electron chi connectivity index (χ3n) is 0.483. The fourth-order valence-corrected chi connectivity index (χ4v) is 0.0660. The van der Waals surface area contributed by atoms with Crippen molar-refractivity contribution in [3.05, 3.63) is 0 Å². The maximum atomic E-state index is 11.1. The average Bonchev–Trinajstić information content (AvgIpc) is 1.65. The number of hydrogen-bond donors (Lipinski definition) is 2. The number of alkyl halides is 1. The highest BCUT2D eigenvalue weighted by atomic mass is 35.5. The molecule has 8 heavy (non-hydrogen) atoms. The predicted molar refractivity (Wildman–Crippen MR) is 28.8 cm³/mol. The highest BCUT2D eigenvalue weighted by molar-refractivity contribution is 5.85. The molecule has 0 rings (SSSR count). The van der Waals surface area contributed by atoms with Crippen LogP contribution < -0.4 is 5.73 Å². The quantitative estimate of drug-likeness (QED) is 0.562. The molecule has 0 aliphatic rings. The molecule has 0 aliphatic heterocycles. The van der Waals surface area contributed by atoms with Gasteiger partial charge in [-0.2, -0.15) is 0 Å². The van der Waals surface area contributed by atoms with Crippen molar-refractivity contribution in [3.8, 4) is 0 Å². The first-order chi connectivity index (χ1) is 3.18. The summed E-state index contributed by atoms with van der Waals surface area (Å²) in [6.45, 7) is -1.00. The molecule has 0 saturated carbocycles. The first kappa shape index (κ1) is 10.6. The lowest BCUT2D eigenvalue weighted by molar-refractivity contribution is -0.138. The minimum absolute atomic E-state index is 0. The van der Waals surface area contributed by atoms with E-state index in [1.54, 1.807) is 0 Å². The fraction of sp³-hybridized carbons (Fsp3) is 0.667. The second kappa shape index (κ2) is 4.80. The van der Waals surface area contributed by atoms with Gasteiger partial charge in [-0.05, 0) is 0 Å². The molecule has 3 nitrogen and oxygen atoms in total. The second-order valence-corrected chi connectivity index (χ2v) is 1.10. The van der Waals surface area contributed by atoms with Crippen LogP contribution in [0, 0.1) is 0 Å². The van der Waals surface area contributed by atoms with Crippen LogP contribution in [0.2, 0.25) is 0 Å². The van der Waals surface area contributed by atoms with Crippen LogP contribution in [0.15, 0.2) is 0 Å². The molecule has 0 bridgehead atoms. The number of carboxylic acid groups (broad SMARTS) is 1. The van der Waals surface area contributed by atoms with Crippen LogP contribution in [0.4, 0.5) is 4.39 Å². The molecule has 0 heterocycles. The van der Waals surface area contributed by atoms with Gasteiger partial charge in [-0.25, -0.2) is 4.39 Å². The van der Waals surface area contributed by atoms with E-state index in [1.165, 1.54) is 0 Å². The van der Waals surface area contributed by atoms with Gasteiger partial charge >= 0.3 is 5.97 Å². The molecule has 50 valence electrons. The molecular weight excluding hydrogens is 136 g/mol. The first-order valence-electron chi connectivity index (χ1n) is 1.73. The summed E-state index contributed by atoms with van der Waals surface area (Å²) in [7, 11) is 0. The Hall–Kier alpha value is -0.350. The predicted octanol–water partition coefficient (Wildman–Crippen LogP) is -0.210. The third kappa shape index (κ3) is 3.83. The number of aliphatic carboxylic acids is 1. The molecule has 0 fully saturated rings. The van der Waals surface area contributed by atoms with Gasteiger partial charge in [0.15, 0.2) is 0 Å². The Morgan fingerprint density at radius 2 is 2.25 bits per heavy atom. The van der Waals surface area contributed by atoms with Crippen molar-refractivity contribution in [1.82, 2.24) is 0 Å². The van der Waals surface area contributed by atoms with E-state index in [9.17, 15) is 9.18 Å². The molecule has 0 aromatic heterocycles. The van der Waals surface area contributed by atoms with E-state index in [2.05, 4.69) is 5.73 Å². The summed E-state index contributed by atoms with van der Waals surface area (Å²) in [6, 6.07) is -1.35. The molecule has 5 heteroatoms. The van der Waals surface area contributed by atoms with E-state index in [0.717, 1.165) is 0 Å². The topological polar surface area (TPSA) is 63.3 Å². The molecule has 0 saturated heterocycles. The maximum absolute atomic E-state index is 11.1. The van der Waals surface area contributed by atoms with Gasteiger partial charge < -0.3 is 10.8 Å². The molecule has 0 aromatic rings. The van der Waals surface area contributed by atoms with E-state index < -0.39 is 18.7 Å². The van der Waals surface area contributed by atoms with Gasteiger partial charge in [-0.1, -0.05) is 0 Å². The lowest BCUT2D eigenvalue weighted by atomic mass is 10.4. The lowest BCUT2D eigenvalue weighted by Crippen LogP contribution is -2.31. The van der Waals surface area contributed by atoms with E-state index >= 15 is 0 Å². The molecule has 0 amide bonds. The van der Waals surface area contributed by atoms with Crippen molar-refractivity contribution in [2.75, 3.05) is 6.67 Å². The van der Waals surface area contributed by atoms with Crippen LogP contribution in [0.5, 0.6) is 0 Å². The normalized spacial score (nSPS) is 11.8. The van der Waals surface area contributed by atoms with Crippen LogP contribution >= 0.6 is 12.4 Å². The Morgan fingerprint density at radius 1 is 1.88 bits per heavy atom. The van der Waals surface area contributed by atoms with Crippen LogP contribution in [0.3, 0.4) is 0 Å². The molecular formula is C3H7ClFNO2. The summed E-state index contributed by atoms with van der Waals surface area (Å²) in [5, 5.41) is 7.82. The summed E-state index contributed by atoms with van der Waals surface area (Å²) in [6.07, 6.45) is 0. The molecule has 1 atom stereocenters. The fourth-order valence-electron chi connectivity index (χ4n) is 0.0660. The average molecular weight is 144 g/mol. The van der Waals surface area contributed by atoms with Gasteiger partial charge in [0.05, 0.1) is 0 Å². The minimum Gasteiger partial charge on any atom is -0.480 e. The Bertz CT molecular complexity index is 79.7. The third-order valence-corrected chi connectivity index (χ3v) is 0.483. The molecule has 0 aromatic carbocycles. The molecule has 0 aliphatic carbocycles. The summed E-state index contributed by atoms with van der Waals surface area (Å²) < 4.78 is 11.1. The van der Waals surface area contributed by atoms with Crippen LogP contribution in [-0.4, -0.2) is 23.8 Å². The van der Waals surface area contributed by atoms with Crippen molar-refractivity contribution in [3.63, 3.8) is 0 Å². The van der Waals surface area contributed by atoms with E-state index in [-0.39, 0.29) is 12.4 Å². The standard InChI is InChI=1S/C3H6FNO2.ClH/c4-1-2(5)3(6)7;/h2H,1,5H2,(H,6,7);1H/t2-;/m0./s1. The Kier molecular flexibility index (Phi) is 6.36. The Labute approximate surface area is 52.1 Å². The van der Waals surface area contributed by atoms with Gasteiger partial charge in [-0.3, -0.25) is 4.79 Å². The van der Waals surface area contributed by atoms with E-state index in [4.69, 9.17) is 5.11 Å². The van der Waals surface area contributed by atoms with Gasteiger partial charge in [0, 0.05) is 0 Å². The monoisotopic (exact) mass is 143 g/mol. The zero-order valence-electron chi connectivity index (χ0n) is 4.00. The summed E-state index contributed by atoms with van der Waals surface area (Å²) in [5.41, 5.74) is 4.64. The zero-order valence-corrected chi connectivity index (χ0v) is 4.82. The summed E-state index contributed by atoms with van der Waals surface area (Å²) in [5.74, 6) is -1.30. The van der Waals surface area contributed by atoms with Crippen molar-refractivity contribution in [2.24, 2.45) is 5.73 Å². The lowest BCUT2D eigenvalue weighted by Gasteiger charge is -1.94. The van der Waals surface area contributed by atoms with Crippen molar-refractivity contribution in [1.29, 1.82) is 0 Å². The van der Waals surface area contributed by atoms with Crippen LogP contribution in [0.25, 0.3) is 0 Å². The second-order valence-electron chi connectivity index (χ2n) is 1.10. The number of nitrogens with two attached hydrogens (primary N) is 1. The smallest absolute Gasteiger partial charge is 0.323 e.